The highest BCUT2D eigenvalue weighted by atomic mass is 79.9. The third-order valence-corrected chi connectivity index (χ3v) is 3.46. The van der Waals surface area contributed by atoms with E-state index in [1.807, 2.05) is 31.2 Å². The largest absolute Gasteiger partial charge is 0.494 e. The zero-order valence-electron chi connectivity index (χ0n) is 11.9. The van der Waals surface area contributed by atoms with E-state index in [1.165, 1.54) is 0 Å². The van der Waals surface area contributed by atoms with Gasteiger partial charge in [0.1, 0.15) is 5.75 Å². The molecule has 0 aliphatic rings. The van der Waals surface area contributed by atoms with E-state index in [9.17, 15) is 4.79 Å². The fourth-order valence-corrected chi connectivity index (χ4v) is 1.83. The van der Waals surface area contributed by atoms with Crippen LogP contribution in [0, 0.1) is 5.92 Å². The molecule has 0 spiro atoms. The number of amides is 1. The second-order valence-electron chi connectivity index (χ2n) is 4.90. The van der Waals surface area contributed by atoms with Gasteiger partial charge in [-0.1, -0.05) is 22.9 Å². The molecule has 112 valence electrons. The number of nitrogens with one attached hydrogen (secondary N) is 1. The molecule has 4 nitrogen and oxygen atoms in total. The lowest BCUT2D eigenvalue weighted by atomic mass is 10.2. The highest BCUT2D eigenvalue weighted by molar-refractivity contribution is 9.10. The Bertz CT molecular complexity index is 395. The van der Waals surface area contributed by atoms with Crippen LogP contribution in [0.25, 0.3) is 0 Å². The quantitative estimate of drug-likeness (QED) is 0.678. The third-order valence-electron chi connectivity index (χ3n) is 2.93. The maximum Gasteiger partial charge on any atom is 0.220 e. The van der Waals surface area contributed by atoms with Crippen molar-refractivity contribution in [2.45, 2.75) is 26.2 Å². The molecular formula is C15H23BrN2O2. The zero-order valence-corrected chi connectivity index (χ0v) is 13.5. The molecule has 1 rings (SSSR count). The molecule has 0 saturated heterocycles. The lowest BCUT2D eigenvalue weighted by Gasteiger charge is -2.10. The monoisotopic (exact) mass is 342 g/mol. The van der Waals surface area contributed by atoms with E-state index in [2.05, 4.69) is 21.2 Å². The van der Waals surface area contributed by atoms with Crippen molar-refractivity contribution in [2.75, 3.05) is 19.7 Å². The molecule has 0 aliphatic carbocycles. The van der Waals surface area contributed by atoms with Crippen LogP contribution in [0.1, 0.15) is 26.2 Å². The van der Waals surface area contributed by atoms with E-state index < -0.39 is 0 Å². The van der Waals surface area contributed by atoms with E-state index in [0.29, 0.717) is 32.0 Å². The minimum atomic E-state index is 0.0916. The summed E-state index contributed by atoms with van der Waals surface area (Å²) in [5, 5.41) is 2.88. The molecular weight excluding hydrogens is 320 g/mol. The Morgan fingerprint density at radius 2 is 2.05 bits per heavy atom. The maximum atomic E-state index is 11.5. The molecule has 0 aliphatic heterocycles. The van der Waals surface area contributed by atoms with Gasteiger partial charge in [-0.2, -0.15) is 0 Å². The van der Waals surface area contributed by atoms with E-state index in [4.69, 9.17) is 10.5 Å². The van der Waals surface area contributed by atoms with E-state index in [-0.39, 0.29) is 5.91 Å². The van der Waals surface area contributed by atoms with Crippen LogP contribution < -0.4 is 15.8 Å². The molecule has 1 aromatic carbocycles. The topological polar surface area (TPSA) is 64.3 Å². The van der Waals surface area contributed by atoms with Crippen LogP contribution in [0.2, 0.25) is 0 Å². The number of hydrogen-bond donors (Lipinski definition) is 2. The molecule has 0 saturated carbocycles. The van der Waals surface area contributed by atoms with Gasteiger partial charge in [0.2, 0.25) is 5.91 Å². The van der Waals surface area contributed by atoms with Gasteiger partial charge in [-0.25, -0.2) is 0 Å². The van der Waals surface area contributed by atoms with Crippen molar-refractivity contribution in [3.05, 3.63) is 28.7 Å². The fourth-order valence-electron chi connectivity index (χ4n) is 1.57. The van der Waals surface area contributed by atoms with Crippen LogP contribution in [0.4, 0.5) is 0 Å². The number of unbranched alkanes of at least 4 members (excludes halogenated alkanes) is 1. The Labute approximate surface area is 129 Å². The zero-order chi connectivity index (χ0) is 14.8. The Hall–Kier alpha value is -1.07. The molecule has 0 fully saturated rings. The SMILES string of the molecule is CC(CN)CNC(=O)CCCCOc1ccc(Br)cc1. The van der Waals surface area contributed by atoms with Crippen LogP contribution in [-0.4, -0.2) is 25.6 Å². The summed E-state index contributed by atoms with van der Waals surface area (Å²) in [7, 11) is 0. The predicted molar refractivity (Wildman–Crippen MR) is 84.7 cm³/mol. The summed E-state index contributed by atoms with van der Waals surface area (Å²) >= 11 is 3.38. The maximum absolute atomic E-state index is 11.5. The highest BCUT2D eigenvalue weighted by Crippen LogP contribution is 2.16. The summed E-state index contributed by atoms with van der Waals surface area (Å²) in [5.74, 6) is 1.28. The van der Waals surface area contributed by atoms with Crippen molar-refractivity contribution < 1.29 is 9.53 Å². The molecule has 0 heterocycles. The first-order valence-electron chi connectivity index (χ1n) is 6.97. The first-order valence-corrected chi connectivity index (χ1v) is 7.76. The minimum absolute atomic E-state index is 0.0916. The van der Waals surface area contributed by atoms with Crippen molar-refractivity contribution in [1.82, 2.24) is 5.32 Å². The normalized spacial score (nSPS) is 11.9. The van der Waals surface area contributed by atoms with Crippen molar-refractivity contribution in [3.63, 3.8) is 0 Å². The molecule has 1 atom stereocenters. The van der Waals surface area contributed by atoms with Gasteiger partial charge in [0.15, 0.2) is 0 Å². The van der Waals surface area contributed by atoms with Gasteiger partial charge in [0, 0.05) is 17.4 Å². The van der Waals surface area contributed by atoms with Gasteiger partial charge in [-0.05, 0) is 49.6 Å². The van der Waals surface area contributed by atoms with Crippen molar-refractivity contribution in [2.24, 2.45) is 11.7 Å². The second-order valence-corrected chi connectivity index (χ2v) is 5.82. The van der Waals surface area contributed by atoms with Crippen LogP contribution >= 0.6 is 15.9 Å². The minimum Gasteiger partial charge on any atom is -0.494 e. The van der Waals surface area contributed by atoms with Crippen LogP contribution in [0.3, 0.4) is 0 Å². The van der Waals surface area contributed by atoms with Crippen molar-refractivity contribution in [3.8, 4) is 5.75 Å². The average Bonchev–Trinajstić information content (AvgIpc) is 2.46. The van der Waals surface area contributed by atoms with E-state index in [0.717, 1.165) is 23.1 Å². The number of nitrogens with two attached hydrogens (primary N) is 1. The Kier molecular flexibility index (Phi) is 8.30. The van der Waals surface area contributed by atoms with Gasteiger partial charge in [0.05, 0.1) is 6.61 Å². The van der Waals surface area contributed by atoms with Gasteiger partial charge >= 0.3 is 0 Å². The number of halogens is 1. The second kappa shape index (κ2) is 9.77. The summed E-state index contributed by atoms with van der Waals surface area (Å²) < 4.78 is 6.62. The summed E-state index contributed by atoms with van der Waals surface area (Å²) in [5.41, 5.74) is 5.49. The first kappa shape index (κ1) is 17.0. The number of hydrogen-bond acceptors (Lipinski definition) is 3. The summed E-state index contributed by atoms with van der Waals surface area (Å²) in [6.45, 7) is 3.91. The lowest BCUT2D eigenvalue weighted by molar-refractivity contribution is -0.121. The molecule has 1 aromatic rings. The summed E-state index contributed by atoms with van der Waals surface area (Å²) in [6.07, 6.45) is 2.25. The highest BCUT2D eigenvalue weighted by Gasteiger charge is 2.04. The van der Waals surface area contributed by atoms with Crippen molar-refractivity contribution in [1.29, 1.82) is 0 Å². The smallest absolute Gasteiger partial charge is 0.220 e. The first-order chi connectivity index (χ1) is 9.61. The number of carbonyl (C=O) groups is 1. The van der Waals surface area contributed by atoms with Crippen LogP contribution in [0.5, 0.6) is 5.75 Å². The molecule has 0 aromatic heterocycles. The molecule has 0 radical (unpaired) electrons. The van der Waals surface area contributed by atoms with Gasteiger partial charge < -0.3 is 15.8 Å². The number of ether oxygens (including phenoxy) is 1. The average molecular weight is 343 g/mol. The predicted octanol–water partition coefficient (Wildman–Crippen LogP) is 2.71. The molecule has 1 unspecified atom stereocenters. The van der Waals surface area contributed by atoms with Gasteiger partial charge in [0.25, 0.3) is 0 Å². The van der Waals surface area contributed by atoms with Gasteiger partial charge in [-0.15, -0.1) is 0 Å². The molecule has 20 heavy (non-hydrogen) atoms. The van der Waals surface area contributed by atoms with Crippen LogP contribution in [0.15, 0.2) is 28.7 Å². The van der Waals surface area contributed by atoms with Crippen LogP contribution in [-0.2, 0) is 4.79 Å². The molecule has 1 amide bonds. The summed E-state index contributed by atoms with van der Waals surface area (Å²) in [4.78, 5) is 11.5. The fraction of sp³-hybridized carbons (Fsp3) is 0.533. The van der Waals surface area contributed by atoms with E-state index in [1.54, 1.807) is 0 Å². The number of benzene rings is 1. The molecule has 5 heteroatoms. The Morgan fingerprint density at radius 1 is 1.35 bits per heavy atom. The third kappa shape index (κ3) is 7.50. The lowest BCUT2D eigenvalue weighted by Crippen LogP contribution is -2.31. The molecule has 3 N–H and O–H groups in total. The standard InChI is InChI=1S/C15H23BrN2O2/c1-12(10-17)11-18-15(19)4-2-3-9-20-14-7-5-13(16)6-8-14/h5-8,12H,2-4,9-11,17H2,1H3,(H,18,19). The summed E-state index contributed by atoms with van der Waals surface area (Å²) in [6, 6.07) is 7.73. The van der Waals surface area contributed by atoms with Crippen molar-refractivity contribution >= 4 is 21.8 Å². The Morgan fingerprint density at radius 3 is 2.70 bits per heavy atom. The number of carbonyl (C=O) groups excluding carboxylic acids is 1. The van der Waals surface area contributed by atoms with Gasteiger partial charge in [-0.3, -0.25) is 4.79 Å². The molecule has 0 bridgehead atoms. The Balaban J connectivity index is 2.04. The number of rotatable bonds is 9. The van der Waals surface area contributed by atoms with E-state index >= 15 is 0 Å².